The zero-order chi connectivity index (χ0) is 20.0. The summed E-state index contributed by atoms with van der Waals surface area (Å²) in [7, 11) is 1.37. The molecule has 0 saturated carbocycles. The molecule has 29 heavy (non-hydrogen) atoms. The van der Waals surface area contributed by atoms with Crippen LogP contribution >= 0.6 is 0 Å². The van der Waals surface area contributed by atoms with Gasteiger partial charge in [0.25, 0.3) is 0 Å². The predicted molar refractivity (Wildman–Crippen MR) is 109 cm³/mol. The number of para-hydroxylation sites is 1. The van der Waals surface area contributed by atoms with Gasteiger partial charge in [0.15, 0.2) is 5.58 Å². The number of carbonyl (C=O) groups is 1. The molecule has 0 saturated heterocycles. The highest BCUT2D eigenvalue weighted by atomic mass is 16.5. The van der Waals surface area contributed by atoms with E-state index in [2.05, 4.69) is 4.98 Å². The molecule has 5 rings (SSSR count). The SMILES string of the molecule is COC(=O)c1cc2oc3ccccc3c2n1Cc1nc(-c2ccccc2)oc1C. The zero-order valence-corrected chi connectivity index (χ0v) is 16.0. The van der Waals surface area contributed by atoms with E-state index in [1.807, 2.05) is 66.1 Å². The van der Waals surface area contributed by atoms with E-state index in [-0.39, 0.29) is 0 Å². The first-order chi connectivity index (χ1) is 14.2. The van der Waals surface area contributed by atoms with Crippen LogP contribution in [-0.4, -0.2) is 22.6 Å². The molecule has 0 radical (unpaired) electrons. The Balaban J connectivity index is 1.66. The summed E-state index contributed by atoms with van der Waals surface area (Å²) in [5.41, 5.74) is 4.30. The number of fused-ring (bicyclic) bond motifs is 3. The van der Waals surface area contributed by atoms with E-state index in [0.717, 1.165) is 27.7 Å². The molecule has 0 amide bonds. The molecule has 0 bridgehead atoms. The van der Waals surface area contributed by atoms with Gasteiger partial charge in [0.1, 0.15) is 22.7 Å². The van der Waals surface area contributed by atoms with Crippen molar-refractivity contribution >= 4 is 28.0 Å². The number of benzene rings is 2. The normalized spacial score (nSPS) is 11.4. The van der Waals surface area contributed by atoms with Gasteiger partial charge in [-0.3, -0.25) is 0 Å². The molecule has 0 aliphatic heterocycles. The van der Waals surface area contributed by atoms with Gasteiger partial charge >= 0.3 is 5.97 Å². The summed E-state index contributed by atoms with van der Waals surface area (Å²) in [6, 6.07) is 19.2. The molecular formula is C23H18N2O4. The van der Waals surface area contributed by atoms with Crippen LogP contribution in [0.25, 0.3) is 33.5 Å². The fourth-order valence-electron chi connectivity index (χ4n) is 3.62. The van der Waals surface area contributed by atoms with Gasteiger partial charge in [-0.25, -0.2) is 9.78 Å². The summed E-state index contributed by atoms with van der Waals surface area (Å²) < 4.78 is 18.7. The minimum atomic E-state index is -0.426. The minimum absolute atomic E-state index is 0.361. The van der Waals surface area contributed by atoms with Crippen LogP contribution in [-0.2, 0) is 11.3 Å². The Morgan fingerprint density at radius 2 is 1.79 bits per heavy atom. The number of aryl methyl sites for hydroxylation is 1. The Labute approximate surface area is 166 Å². The van der Waals surface area contributed by atoms with E-state index in [1.165, 1.54) is 7.11 Å². The summed E-state index contributed by atoms with van der Waals surface area (Å²) in [5.74, 6) is 0.831. The van der Waals surface area contributed by atoms with Crippen LogP contribution < -0.4 is 0 Å². The molecular weight excluding hydrogens is 368 g/mol. The standard InChI is InChI=1S/C23H18N2O4/c1-14-17(24-22(28-14)15-8-4-3-5-9-15)13-25-18(23(26)27-2)12-20-21(25)16-10-6-7-11-19(16)29-20/h3-12H,13H2,1-2H3. The lowest BCUT2D eigenvalue weighted by Gasteiger charge is -2.07. The second kappa shape index (κ2) is 6.67. The topological polar surface area (TPSA) is 70.4 Å². The van der Waals surface area contributed by atoms with Crippen molar-refractivity contribution in [2.45, 2.75) is 13.5 Å². The van der Waals surface area contributed by atoms with E-state index >= 15 is 0 Å². The number of hydrogen-bond acceptors (Lipinski definition) is 5. The number of methoxy groups -OCH3 is 1. The highest BCUT2D eigenvalue weighted by molar-refractivity contribution is 6.06. The number of furan rings is 1. The lowest BCUT2D eigenvalue weighted by atomic mass is 10.2. The molecule has 5 aromatic rings. The molecule has 0 unspecified atom stereocenters. The van der Waals surface area contributed by atoms with Crippen molar-refractivity contribution in [2.75, 3.05) is 7.11 Å². The summed E-state index contributed by atoms with van der Waals surface area (Å²) >= 11 is 0. The molecule has 0 N–H and O–H groups in total. The van der Waals surface area contributed by atoms with E-state index in [9.17, 15) is 4.79 Å². The average Bonchev–Trinajstić information content (AvgIpc) is 3.41. The number of esters is 1. The molecule has 6 nitrogen and oxygen atoms in total. The molecule has 144 valence electrons. The zero-order valence-electron chi connectivity index (χ0n) is 16.0. The predicted octanol–water partition coefficient (Wildman–Crippen LogP) is 5.19. The number of oxazole rings is 1. The first-order valence-corrected chi connectivity index (χ1v) is 9.26. The van der Waals surface area contributed by atoms with Crippen LogP contribution in [0.15, 0.2) is 69.5 Å². The third kappa shape index (κ3) is 2.81. The maximum Gasteiger partial charge on any atom is 0.354 e. The Morgan fingerprint density at radius 1 is 1.03 bits per heavy atom. The number of hydrogen-bond donors (Lipinski definition) is 0. The van der Waals surface area contributed by atoms with Crippen LogP contribution in [0.3, 0.4) is 0 Å². The Hall–Kier alpha value is -3.80. The van der Waals surface area contributed by atoms with E-state index in [1.54, 1.807) is 6.07 Å². The first-order valence-electron chi connectivity index (χ1n) is 9.26. The summed E-state index contributed by atoms with van der Waals surface area (Å²) in [4.78, 5) is 17.1. The van der Waals surface area contributed by atoms with Gasteiger partial charge in [-0.2, -0.15) is 0 Å². The highest BCUT2D eigenvalue weighted by Crippen LogP contribution is 2.33. The van der Waals surface area contributed by atoms with Crippen molar-refractivity contribution in [1.82, 2.24) is 9.55 Å². The van der Waals surface area contributed by atoms with Crippen molar-refractivity contribution in [3.05, 3.63) is 77.8 Å². The Kier molecular flexibility index (Phi) is 3.98. The maximum atomic E-state index is 12.4. The fourth-order valence-corrected chi connectivity index (χ4v) is 3.62. The molecule has 0 aliphatic rings. The molecule has 0 atom stereocenters. The van der Waals surface area contributed by atoms with Crippen molar-refractivity contribution < 1.29 is 18.4 Å². The minimum Gasteiger partial charge on any atom is -0.464 e. The third-order valence-corrected chi connectivity index (χ3v) is 5.04. The Bertz CT molecular complexity index is 1340. The molecule has 6 heteroatoms. The maximum absolute atomic E-state index is 12.4. The monoisotopic (exact) mass is 386 g/mol. The smallest absolute Gasteiger partial charge is 0.354 e. The number of rotatable bonds is 4. The van der Waals surface area contributed by atoms with Crippen molar-refractivity contribution in [3.63, 3.8) is 0 Å². The van der Waals surface area contributed by atoms with Gasteiger partial charge in [0.2, 0.25) is 5.89 Å². The van der Waals surface area contributed by atoms with Crippen LogP contribution in [0.4, 0.5) is 0 Å². The van der Waals surface area contributed by atoms with Gasteiger partial charge < -0.3 is 18.1 Å². The van der Waals surface area contributed by atoms with Gasteiger partial charge in [-0.15, -0.1) is 0 Å². The highest BCUT2D eigenvalue weighted by Gasteiger charge is 2.23. The number of nitrogens with zero attached hydrogens (tertiary/aromatic N) is 2. The molecule has 3 heterocycles. The van der Waals surface area contributed by atoms with Gasteiger partial charge in [-0.05, 0) is 31.2 Å². The molecule has 0 aliphatic carbocycles. The van der Waals surface area contributed by atoms with Crippen LogP contribution in [0.2, 0.25) is 0 Å². The Morgan fingerprint density at radius 3 is 2.59 bits per heavy atom. The molecule has 2 aromatic carbocycles. The summed E-state index contributed by atoms with van der Waals surface area (Å²) in [6.45, 7) is 2.24. The lowest BCUT2D eigenvalue weighted by molar-refractivity contribution is 0.0589. The van der Waals surface area contributed by atoms with Crippen molar-refractivity contribution in [3.8, 4) is 11.5 Å². The molecule has 0 spiro atoms. The van der Waals surface area contributed by atoms with Crippen molar-refractivity contribution in [2.24, 2.45) is 0 Å². The average molecular weight is 386 g/mol. The summed E-state index contributed by atoms with van der Waals surface area (Å²) in [5, 5.41) is 0.932. The third-order valence-electron chi connectivity index (χ3n) is 5.04. The van der Waals surface area contributed by atoms with E-state index in [0.29, 0.717) is 29.5 Å². The van der Waals surface area contributed by atoms with Crippen molar-refractivity contribution in [1.29, 1.82) is 0 Å². The van der Waals surface area contributed by atoms with Gasteiger partial charge in [0.05, 0.1) is 19.2 Å². The van der Waals surface area contributed by atoms with Gasteiger partial charge in [0, 0.05) is 17.0 Å². The number of aromatic nitrogens is 2. The van der Waals surface area contributed by atoms with Gasteiger partial charge in [-0.1, -0.05) is 30.3 Å². The second-order valence-corrected chi connectivity index (χ2v) is 6.81. The summed E-state index contributed by atoms with van der Waals surface area (Å²) in [6.07, 6.45) is 0. The van der Waals surface area contributed by atoms with Crippen LogP contribution in [0, 0.1) is 6.92 Å². The van der Waals surface area contributed by atoms with E-state index in [4.69, 9.17) is 13.6 Å². The fraction of sp³-hybridized carbons (Fsp3) is 0.130. The van der Waals surface area contributed by atoms with E-state index < -0.39 is 5.97 Å². The first kappa shape index (κ1) is 17.3. The number of carbonyl (C=O) groups excluding carboxylic acids is 1. The quantitative estimate of drug-likeness (QED) is 0.398. The molecule has 3 aromatic heterocycles. The molecule has 0 fully saturated rings. The second-order valence-electron chi connectivity index (χ2n) is 6.81. The largest absolute Gasteiger partial charge is 0.464 e. The lowest BCUT2D eigenvalue weighted by Crippen LogP contribution is -2.12. The number of ether oxygens (including phenoxy) is 1. The van der Waals surface area contributed by atoms with Crippen LogP contribution in [0.5, 0.6) is 0 Å². The van der Waals surface area contributed by atoms with Crippen LogP contribution in [0.1, 0.15) is 21.9 Å².